The van der Waals surface area contributed by atoms with Gasteiger partial charge < -0.3 is 14.7 Å². The fourth-order valence-electron chi connectivity index (χ4n) is 2.47. The SMILES string of the molecule is COc1ccc(F)cc1CC(=O)N1CCC[C@@H]1C(=O)O. The zero-order chi connectivity index (χ0) is 14.7. The van der Waals surface area contributed by atoms with Gasteiger partial charge in [-0.15, -0.1) is 0 Å². The molecule has 0 bridgehead atoms. The van der Waals surface area contributed by atoms with Gasteiger partial charge in [-0.25, -0.2) is 9.18 Å². The molecule has 1 aliphatic rings. The van der Waals surface area contributed by atoms with Crippen molar-refractivity contribution in [3.63, 3.8) is 0 Å². The van der Waals surface area contributed by atoms with Crippen molar-refractivity contribution in [1.82, 2.24) is 4.90 Å². The summed E-state index contributed by atoms with van der Waals surface area (Å²) in [6.45, 7) is 0.424. The highest BCUT2D eigenvalue weighted by atomic mass is 19.1. The van der Waals surface area contributed by atoms with Crippen LogP contribution in [-0.4, -0.2) is 41.6 Å². The van der Waals surface area contributed by atoms with Crippen LogP contribution >= 0.6 is 0 Å². The second kappa shape index (κ2) is 5.90. The number of hydrogen-bond donors (Lipinski definition) is 1. The van der Waals surface area contributed by atoms with Gasteiger partial charge in [-0.05, 0) is 31.0 Å². The normalized spacial score (nSPS) is 18.1. The topological polar surface area (TPSA) is 66.8 Å². The molecule has 5 nitrogen and oxygen atoms in total. The van der Waals surface area contributed by atoms with Crippen LogP contribution in [0.1, 0.15) is 18.4 Å². The van der Waals surface area contributed by atoms with Gasteiger partial charge in [0, 0.05) is 12.1 Å². The number of benzene rings is 1. The highest BCUT2D eigenvalue weighted by Gasteiger charge is 2.33. The van der Waals surface area contributed by atoms with Crippen molar-refractivity contribution >= 4 is 11.9 Å². The second-order valence-electron chi connectivity index (χ2n) is 4.72. The van der Waals surface area contributed by atoms with E-state index in [2.05, 4.69) is 0 Å². The van der Waals surface area contributed by atoms with Gasteiger partial charge in [0.2, 0.25) is 5.91 Å². The number of halogens is 1. The Hall–Kier alpha value is -2.11. The van der Waals surface area contributed by atoms with E-state index in [0.717, 1.165) is 0 Å². The Kier molecular flexibility index (Phi) is 4.22. The summed E-state index contributed by atoms with van der Waals surface area (Å²) in [5.74, 6) is -1.35. The molecule has 1 saturated heterocycles. The second-order valence-corrected chi connectivity index (χ2v) is 4.72. The van der Waals surface area contributed by atoms with E-state index in [1.165, 1.54) is 30.2 Å². The number of carbonyl (C=O) groups is 2. The Morgan fingerprint density at radius 1 is 1.50 bits per heavy atom. The fourth-order valence-corrected chi connectivity index (χ4v) is 2.47. The molecule has 1 atom stereocenters. The molecule has 0 unspecified atom stereocenters. The molecule has 2 rings (SSSR count). The molecule has 0 aromatic heterocycles. The van der Waals surface area contributed by atoms with Crippen LogP contribution in [0.5, 0.6) is 5.75 Å². The summed E-state index contributed by atoms with van der Waals surface area (Å²) in [6.07, 6.45) is 1.06. The predicted molar refractivity (Wildman–Crippen MR) is 69.0 cm³/mol. The number of likely N-dealkylation sites (tertiary alicyclic amines) is 1. The number of amides is 1. The van der Waals surface area contributed by atoms with Crippen LogP contribution in [0.2, 0.25) is 0 Å². The van der Waals surface area contributed by atoms with E-state index in [-0.39, 0.29) is 12.3 Å². The summed E-state index contributed by atoms with van der Waals surface area (Å²) in [5, 5.41) is 9.06. The molecule has 1 fully saturated rings. The molecule has 1 aliphatic heterocycles. The number of carbonyl (C=O) groups excluding carboxylic acids is 1. The first-order valence-electron chi connectivity index (χ1n) is 6.37. The summed E-state index contributed by atoms with van der Waals surface area (Å²) in [7, 11) is 1.44. The minimum atomic E-state index is -0.998. The van der Waals surface area contributed by atoms with E-state index in [1.54, 1.807) is 0 Å². The van der Waals surface area contributed by atoms with E-state index in [0.29, 0.717) is 30.7 Å². The Morgan fingerprint density at radius 3 is 2.90 bits per heavy atom. The molecular formula is C14H16FNO4. The highest BCUT2D eigenvalue weighted by molar-refractivity contribution is 5.85. The number of methoxy groups -OCH3 is 1. The number of ether oxygens (including phenoxy) is 1. The molecule has 0 spiro atoms. The minimum absolute atomic E-state index is 0.0648. The molecule has 0 radical (unpaired) electrons. The molecule has 1 aromatic carbocycles. The monoisotopic (exact) mass is 281 g/mol. The summed E-state index contributed by atoms with van der Waals surface area (Å²) >= 11 is 0. The van der Waals surface area contributed by atoms with Crippen LogP contribution in [0.3, 0.4) is 0 Å². The molecular weight excluding hydrogens is 265 g/mol. The van der Waals surface area contributed by atoms with Gasteiger partial charge in [-0.1, -0.05) is 0 Å². The number of hydrogen-bond acceptors (Lipinski definition) is 3. The standard InChI is InChI=1S/C14H16FNO4/c1-20-12-5-4-10(15)7-9(12)8-13(17)16-6-2-3-11(16)14(18)19/h4-5,7,11H,2-3,6,8H2,1H3,(H,18,19)/t11-/m1/s1. The molecule has 1 amide bonds. The van der Waals surface area contributed by atoms with Crippen LogP contribution in [0, 0.1) is 5.82 Å². The van der Waals surface area contributed by atoms with E-state index in [1.807, 2.05) is 0 Å². The summed E-state index contributed by atoms with van der Waals surface area (Å²) in [6, 6.07) is 3.17. The predicted octanol–water partition coefficient (Wildman–Crippen LogP) is 1.45. The van der Waals surface area contributed by atoms with Crippen LogP contribution in [0.25, 0.3) is 0 Å². The maximum atomic E-state index is 13.2. The van der Waals surface area contributed by atoms with Gasteiger partial charge in [0.25, 0.3) is 0 Å². The van der Waals surface area contributed by atoms with E-state index in [4.69, 9.17) is 9.84 Å². The number of carboxylic acid groups (broad SMARTS) is 1. The van der Waals surface area contributed by atoms with Gasteiger partial charge in [0.1, 0.15) is 17.6 Å². The van der Waals surface area contributed by atoms with Crippen molar-refractivity contribution in [3.05, 3.63) is 29.6 Å². The molecule has 1 heterocycles. The van der Waals surface area contributed by atoms with Gasteiger partial charge in [-0.3, -0.25) is 4.79 Å². The number of rotatable bonds is 4. The van der Waals surface area contributed by atoms with Crippen molar-refractivity contribution in [2.45, 2.75) is 25.3 Å². The lowest BCUT2D eigenvalue weighted by atomic mass is 10.1. The molecule has 6 heteroatoms. The molecule has 0 saturated carbocycles. The van der Waals surface area contributed by atoms with Crippen LogP contribution in [-0.2, 0) is 16.0 Å². The molecule has 1 N–H and O–H groups in total. The Labute approximate surface area is 116 Å². The molecule has 1 aromatic rings. The minimum Gasteiger partial charge on any atom is -0.496 e. The third-order valence-corrected chi connectivity index (χ3v) is 3.44. The summed E-state index contributed by atoms with van der Waals surface area (Å²) < 4.78 is 18.3. The first-order valence-corrected chi connectivity index (χ1v) is 6.37. The quantitative estimate of drug-likeness (QED) is 0.907. The maximum absolute atomic E-state index is 13.2. The smallest absolute Gasteiger partial charge is 0.326 e. The summed E-state index contributed by atoms with van der Waals surface area (Å²) in [4.78, 5) is 24.6. The van der Waals surface area contributed by atoms with Crippen molar-refractivity contribution in [3.8, 4) is 5.75 Å². The van der Waals surface area contributed by atoms with Crippen LogP contribution < -0.4 is 4.74 Å². The summed E-state index contributed by atoms with van der Waals surface area (Å²) in [5.41, 5.74) is 0.425. The third-order valence-electron chi connectivity index (χ3n) is 3.44. The van der Waals surface area contributed by atoms with Crippen LogP contribution in [0.4, 0.5) is 4.39 Å². The lowest BCUT2D eigenvalue weighted by Crippen LogP contribution is -2.41. The fraction of sp³-hybridized carbons (Fsp3) is 0.429. The van der Waals surface area contributed by atoms with Gasteiger partial charge >= 0.3 is 5.97 Å². The van der Waals surface area contributed by atoms with Crippen molar-refractivity contribution < 1.29 is 23.8 Å². The zero-order valence-corrected chi connectivity index (χ0v) is 11.1. The van der Waals surface area contributed by atoms with Crippen LogP contribution in [0.15, 0.2) is 18.2 Å². The first kappa shape index (κ1) is 14.3. The Balaban J connectivity index is 2.15. The van der Waals surface area contributed by atoms with Crippen molar-refractivity contribution in [2.75, 3.05) is 13.7 Å². The Bertz CT molecular complexity index is 532. The van der Waals surface area contributed by atoms with Gasteiger partial charge in [0.15, 0.2) is 0 Å². The first-order chi connectivity index (χ1) is 9.52. The van der Waals surface area contributed by atoms with E-state index >= 15 is 0 Å². The van der Waals surface area contributed by atoms with Gasteiger partial charge in [-0.2, -0.15) is 0 Å². The average molecular weight is 281 g/mol. The van der Waals surface area contributed by atoms with Crippen molar-refractivity contribution in [1.29, 1.82) is 0 Å². The van der Waals surface area contributed by atoms with E-state index < -0.39 is 17.8 Å². The molecule has 20 heavy (non-hydrogen) atoms. The molecule has 108 valence electrons. The largest absolute Gasteiger partial charge is 0.496 e. The number of carboxylic acids is 1. The third kappa shape index (κ3) is 2.89. The highest BCUT2D eigenvalue weighted by Crippen LogP contribution is 2.23. The van der Waals surface area contributed by atoms with Gasteiger partial charge in [0.05, 0.1) is 13.5 Å². The lowest BCUT2D eigenvalue weighted by molar-refractivity contribution is -0.148. The number of aliphatic carboxylic acids is 1. The maximum Gasteiger partial charge on any atom is 0.326 e. The van der Waals surface area contributed by atoms with E-state index in [9.17, 15) is 14.0 Å². The number of nitrogens with zero attached hydrogens (tertiary/aromatic N) is 1. The van der Waals surface area contributed by atoms with Crippen molar-refractivity contribution in [2.24, 2.45) is 0 Å². The lowest BCUT2D eigenvalue weighted by Gasteiger charge is -2.21. The Morgan fingerprint density at radius 2 is 2.25 bits per heavy atom. The zero-order valence-electron chi connectivity index (χ0n) is 11.1. The molecule has 0 aliphatic carbocycles. The average Bonchev–Trinajstić information content (AvgIpc) is 2.88.